The Hall–Kier alpha value is -3.28. The van der Waals surface area contributed by atoms with Crippen molar-refractivity contribution < 1.29 is 23.4 Å². The van der Waals surface area contributed by atoms with Gasteiger partial charge in [0.25, 0.3) is 0 Å². The van der Waals surface area contributed by atoms with Crippen molar-refractivity contribution in [2.24, 2.45) is 0 Å². The highest BCUT2D eigenvalue weighted by atomic mass is 16.5. The highest BCUT2D eigenvalue weighted by Gasteiger charge is 2.09. The van der Waals surface area contributed by atoms with Crippen LogP contribution in [0.5, 0.6) is 17.2 Å². The van der Waals surface area contributed by atoms with Gasteiger partial charge in [0.1, 0.15) is 11.3 Å². The Morgan fingerprint density at radius 3 is 2.54 bits per heavy atom. The van der Waals surface area contributed by atoms with E-state index in [1.165, 1.54) is 6.07 Å². The van der Waals surface area contributed by atoms with Crippen molar-refractivity contribution in [1.82, 2.24) is 0 Å². The summed E-state index contributed by atoms with van der Waals surface area (Å²) >= 11 is 0. The second-order valence-corrected chi connectivity index (χ2v) is 6.21. The van der Waals surface area contributed by atoms with Gasteiger partial charge in [-0.1, -0.05) is 12.1 Å². The maximum Gasteiger partial charge on any atom is 0.336 e. The van der Waals surface area contributed by atoms with E-state index in [0.717, 1.165) is 10.9 Å². The lowest BCUT2D eigenvalue weighted by Gasteiger charge is -2.11. The molecule has 2 aromatic carbocycles. The lowest BCUT2D eigenvalue weighted by molar-refractivity contribution is -0.134. The number of carbonyl (C=O) groups excluding carboxylic acids is 1. The van der Waals surface area contributed by atoms with Crippen molar-refractivity contribution in [3.8, 4) is 17.2 Å². The van der Waals surface area contributed by atoms with E-state index in [0.29, 0.717) is 42.5 Å². The third-order valence-electron chi connectivity index (χ3n) is 4.09. The first-order valence-electron chi connectivity index (χ1n) is 9.16. The molecule has 6 nitrogen and oxygen atoms in total. The van der Waals surface area contributed by atoms with E-state index in [4.69, 9.17) is 18.6 Å². The van der Waals surface area contributed by atoms with E-state index in [9.17, 15) is 9.59 Å². The number of fused-ring (bicyclic) bond motifs is 1. The first kappa shape index (κ1) is 19.5. The summed E-state index contributed by atoms with van der Waals surface area (Å²) in [5.41, 5.74) is 0.776. The summed E-state index contributed by atoms with van der Waals surface area (Å²) in [5.74, 6) is 1.29. The highest BCUT2D eigenvalue weighted by Crippen LogP contribution is 2.26. The molecule has 0 amide bonds. The molecule has 6 heteroatoms. The van der Waals surface area contributed by atoms with Crippen LogP contribution in [0.4, 0.5) is 0 Å². The molecule has 1 aromatic heterocycles. The summed E-state index contributed by atoms with van der Waals surface area (Å²) < 4.78 is 21.7. The zero-order valence-corrected chi connectivity index (χ0v) is 15.9. The van der Waals surface area contributed by atoms with Crippen LogP contribution in [0.2, 0.25) is 0 Å². The predicted molar refractivity (Wildman–Crippen MR) is 105 cm³/mol. The van der Waals surface area contributed by atoms with Crippen LogP contribution in [0.1, 0.15) is 25.3 Å². The van der Waals surface area contributed by atoms with Gasteiger partial charge in [-0.25, -0.2) is 4.79 Å². The van der Waals surface area contributed by atoms with Crippen molar-refractivity contribution >= 4 is 16.9 Å². The number of carbonyl (C=O) groups is 1. The van der Waals surface area contributed by atoms with Gasteiger partial charge in [-0.2, -0.15) is 0 Å². The van der Waals surface area contributed by atoms with Crippen LogP contribution in [0.15, 0.2) is 57.7 Å². The van der Waals surface area contributed by atoms with E-state index < -0.39 is 5.63 Å². The minimum Gasteiger partial charge on any atom is -0.490 e. The fourth-order valence-corrected chi connectivity index (χ4v) is 2.79. The minimum atomic E-state index is -0.432. The molecule has 1 heterocycles. The maximum atomic E-state index is 12.1. The molecule has 0 saturated heterocycles. The number of hydrogen-bond donors (Lipinski definition) is 0. The van der Waals surface area contributed by atoms with Gasteiger partial charge in [-0.3, -0.25) is 4.79 Å². The fraction of sp³-hybridized carbons (Fsp3) is 0.273. The largest absolute Gasteiger partial charge is 0.490 e. The third kappa shape index (κ3) is 4.91. The highest BCUT2D eigenvalue weighted by molar-refractivity contribution is 5.82. The minimum absolute atomic E-state index is 0.201. The molecule has 146 valence electrons. The Morgan fingerprint density at radius 1 is 1.04 bits per heavy atom. The smallest absolute Gasteiger partial charge is 0.336 e. The van der Waals surface area contributed by atoms with Gasteiger partial charge in [-0.15, -0.1) is 0 Å². The quantitative estimate of drug-likeness (QED) is 0.251. The summed E-state index contributed by atoms with van der Waals surface area (Å²) in [6, 6.07) is 13.8. The summed E-state index contributed by atoms with van der Waals surface area (Å²) in [7, 11) is 0. The number of esters is 1. The van der Waals surface area contributed by atoms with Gasteiger partial charge < -0.3 is 18.6 Å². The molecule has 28 heavy (non-hydrogen) atoms. The van der Waals surface area contributed by atoms with Gasteiger partial charge >= 0.3 is 11.6 Å². The molecule has 0 atom stereocenters. The second kappa shape index (κ2) is 9.08. The number of aryl methyl sites for hydroxylation is 1. The Kier molecular flexibility index (Phi) is 6.32. The van der Waals surface area contributed by atoms with Crippen LogP contribution in [-0.4, -0.2) is 19.2 Å². The van der Waals surface area contributed by atoms with E-state index in [2.05, 4.69) is 0 Å². The lowest BCUT2D eigenvalue weighted by atomic mass is 10.1. The van der Waals surface area contributed by atoms with E-state index in [-0.39, 0.29) is 12.4 Å². The fourth-order valence-electron chi connectivity index (χ4n) is 2.79. The van der Waals surface area contributed by atoms with E-state index >= 15 is 0 Å². The summed E-state index contributed by atoms with van der Waals surface area (Å²) in [6.45, 7) is 4.66. The number of rotatable bonds is 8. The molecule has 0 radical (unpaired) electrons. The molecule has 0 saturated carbocycles. The SMILES string of the molecule is CCOc1ccccc1OCCCC(=O)Oc1ccc2c(C)cc(=O)oc2c1. The average molecular weight is 382 g/mol. The Morgan fingerprint density at radius 2 is 1.79 bits per heavy atom. The van der Waals surface area contributed by atoms with Crippen LogP contribution >= 0.6 is 0 Å². The topological polar surface area (TPSA) is 75.0 Å². The first-order chi connectivity index (χ1) is 13.6. The van der Waals surface area contributed by atoms with Gasteiger partial charge in [0, 0.05) is 23.9 Å². The standard InChI is InChI=1S/C22H22O6/c1-3-25-18-7-4-5-8-19(18)26-12-6-9-21(23)27-16-10-11-17-15(2)13-22(24)28-20(17)14-16/h4-5,7-8,10-11,13-14H,3,6,9,12H2,1-2H3. The van der Waals surface area contributed by atoms with E-state index in [1.807, 2.05) is 38.1 Å². The Balaban J connectivity index is 1.52. The molecule has 0 N–H and O–H groups in total. The van der Waals surface area contributed by atoms with Crippen molar-refractivity contribution in [3.05, 3.63) is 64.5 Å². The number of benzene rings is 2. The second-order valence-electron chi connectivity index (χ2n) is 6.21. The van der Waals surface area contributed by atoms with E-state index in [1.54, 1.807) is 18.2 Å². The third-order valence-corrected chi connectivity index (χ3v) is 4.09. The lowest BCUT2D eigenvalue weighted by Crippen LogP contribution is -2.10. The number of hydrogen-bond acceptors (Lipinski definition) is 6. The molecule has 0 spiro atoms. The van der Waals surface area contributed by atoms with Crippen LogP contribution in [-0.2, 0) is 4.79 Å². The monoisotopic (exact) mass is 382 g/mol. The van der Waals surface area contributed by atoms with Crippen LogP contribution < -0.4 is 19.8 Å². The number of ether oxygens (including phenoxy) is 3. The maximum absolute atomic E-state index is 12.1. The molecular formula is C22H22O6. The number of para-hydroxylation sites is 2. The molecule has 3 aromatic rings. The van der Waals surface area contributed by atoms with Gasteiger partial charge in [0.2, 0.25) is 0 Å². The van der Waals surface area contributed by atoms with Gasteiger partial charge in [0.15, 0.2) is 11.5 Å². The molecule has 0 aliphatic carbocycles. The van der Waals surface area contributed by atoms with Gasteiger partial charge in [0.05, 0.1) is 13.2 Å². The first-order valence-corrected chi connectivity index (χ1v) is 9.16. The van der Waals surface area contributed by atoms with Gasteiger partial charge in [-0.05, 0) is 50.1 Å². The average Bonchev–Trinajstić information content (AvgIpc) is 2.66. The molecule has 0 unspecified atom stereocenters. The van der Waals surface area contributed by atoms with Crippen molar-refractivity contribution in [3.63, 3.8) is 0 Å². The Bertz CT molecular complexity index is 1020. The summed E-state index contributed by atoms with van der Waals surface area (Å²) in [5, 5.41) is 0.806. The Labute approximate surface area is 162 Å². The van der Waals surface area contributed by atoms with Crippen molar-refractivity contribution in [2.45, 2.75) is 26.7 Å². The predicted octanol–water partition coefficient (Wildman–Crippen LogP) is 4.26. The molecular weight excluding hydrogens is 360 g/mol. The summed E-state index contributed by atoms with van der Waals surface area (Å²) in [6.07, 6.45) is 0.702. The summed E-state index contributed by atoms with van der Waals surface area (Å²) in [4.78, 5) is 23.6. The van der Waals surface area contributed by atoms with Crippen LogP contribution in [0, 0.1) is 6.92 Å². The molecule has 0 bridgehead atoms. The normalized spacial score (nSPS) is 10.6. The zero-order valence-electron chi connectivity index (χ0n) is 15.9. The van der Waals surface area contributed by atoms with Crippen LogP contribution in [0.3, 0.4) is 0 Å². The molecule has 0 aliphatic rings. The van der Waals surface area contributed by atoms with Crippen molar-refractivity contribution in [2.75, 3.05) is 13.2 Å². The van der Waals surface area contributed by atoms with Crippen LogP contribution in [0.25, 0.3) is 11.0 Å². The molecule has 0 fully saturated rings. The molecule has 3 rings (SSSR count). The molecule has 0 aliphatic heterocycles. The van der Waals surface area contributed by atoms with Crippen molar-refractivity contribution in [1.29, 1.82) is 0 Å². The zero-order chi connectivity index (χ0) is 19.9.